The van der Waals surface area contributed by atoms with E-state index in [1.54, 1.807) is 6.92 Å². The number of nitrogens with zero attached hydrogens (tertiary/aromatic N) is 2. The second-order valence-corrected chi connectivity index (χ2v) is 5.36. The Morgan fingerprint density at radius 2 is 1.73 bits per heavy atom. The van der Waals surface area contributed by atoms with Gasteiger partial charge < -0.3 is 10.4 Å². The smallest absolute Gasteiger partial charge is 0.271 e. The average Bonchev–Trinajstić information content (AvgIpc) is 2.60. The van der Waals surface area contributed by atoms with Crippen molar-refractivity contribution in [2.45, 2.75) is 13.3 Å². The molecule has 0 aliphatic rings. The highest BCUT2D eigenvalue weighted by Gasteiger charge is 2.09. The van der Waals surface area contributed by atoms with Crippen molar-refractivity contribution in [3.05, 3.63) is 64.2 Å². The summed E-state index contributed by atoms with van der Waals surface area (Å²) in [5, 5.41) is 26.2. The van der Waals surface area contributed by atoms with E-state index in [0.29, 0.717) is 17.0 Å². The molecule has 2 amide bonds. The van der Waals surface area contributed by atoms with E-state index in [0.717, 1.165) is 0 Å². The minimum atomic E-state index is -0.529. The first-order valence-electron chi connectivity index (χ1n) is 7.52. The quantitative estimate of drug-likeness (QED) is 0.415. The monoisotopic (exact) mass is 356 g/mol. The molecule has 2 rings (SSSR count). The highest BCUT2D eigenvalue weighted by Crippen LogP contribution is 2.15. The van der Waals surface area contributed by atoms with E-state index >= 15 is 0 Å². The molecule has 2 aromatic carbocycles. The van der Waals surface area contributed by atoms with E-state index in [2.05, 4.69) is 15.8 Å². The number of benzene rings is 2. The number of hydrogen-bond acceptors (Lipinski definition) is 6. The average molecular weight is 356 g/mol. The molecule has 26 heavy (non-hydrogen) atoms. The minimum Gasteiger partial charge on any atom is -0.508 e. The molecule has 2 aromatic rings. The second kappa shape index (κ2) is 8.38. The number of rotatable bonds is 6. The lowest BCUT2D eigenvalue weighted by atomic mass is 10.2. The molecule has 0 unspecified atom stereocenters. The van der Waals surface area contributed by atoms with Crippen LogP contribution in [0.4, 0.5) is 11.4 Å². The number of non-ortho nitro benzene ring substituents is 1. The Bertz CT molecular complexity index is 844. The van der Waals surface area contributed by atoms with Gasteiger partial charge in [-0.2, -0.15) is 5.10 Å². The van der Waals surface area contributed by atoms with Crippen LogP contribution in [-0.4, -0.2) is 27.6 Å². The third-order valence-electron chi connectivity index (χ3n) is 3.26. The number of hydrogen-bond donors (Lipinski definition) is 3. The summed E-state index contributed by atoms with van der Waals surface area (Å²) >= 11 is 0. The number of carbonyl (C=O) groups excluding carboxylic acids is 2. The lowest BCUT2D eigenvalue weighted by molar-refractivity contribution is -0.384. The first-order valence-corrected chi connectivity index (χ1v) is 7.52. The van der Waals surface area contributed by atoms with Crippen LogP contribution < -0.4 is 10.7 Å². The van der Waals surface area contributed by atoms with E-state index in [1.165, 1.54) is 48.5 Å². The highest BCUT2D eigenvalue weighted by molar-refractivity contribution is 6.06. The summed E-state index contributed by atoms with van der Waals surface area (Å²) in [4.78, 5) is 33.8. The lowest BCUT2D eigenvalue weighted by Crippen LogP contribution is -2.21. The molecule has 0 heterocycles. The maximum Gasteiger partial charge on any atom is 0.271 e. The zero-order chi connectivity index (χ0) is 19.1. The number of nitro benzene ring substituents is 1. The molecule has 0 saturated heterocycles. The third kappa shape index (κ3) is 5.41. The normalized spacial score (nSPS) is 10.9. The topological polar surface area (TPSA) is 134 Å². The predicted octanol–water partition coefficient (Wildman–Crippen LogP) is 2.43. The van der Waals surface area contributed by atoms with E-state index < -0.39 is 10.8 Å². The van der Waals surface area contributed by atoms with Gasteiger partial charge in [-0.25, -0.2) is 5.43 Å². The van der Waals surface area contributed by atoms with Gasteiger partial charge in [-0.1, -0.05) is 0 Å². The van der Waals surface area contributed by atoms with Crippen LogP contribution in [0.1, 0.15) is 23.7 Å². The molecule has 0 atom stereocenters. The van der Waals surface area contributed by atoms with Gasteiger partial charge in [0.15, 0.2) is 0 Å². The SMILES string of the molecule is C/C(CC(=O)Nc1ccc([N+](=O)[O-])cc1)=N/NC(=O)c1ccc(O)cc1. The van der Waals surface area contributed by atoms with Crippen LogP contribution >= 0.6 is 0 Å². The molecule has 0 aliphatic carbocycles. The van der Waals surface area contributed by atoms with E-state index in [4.69, 9.17) is 0 Å². The Hall–Kier alpha value is -3.75. The van der Waals surface area contributed by atoms with Gasteiger partial charge in [-0.05, 0) is 43.3 Å². The summed E-state index contributed by atoms with van der Waals surface area (Å²) in [5.41, 5.74) is 3.35. The fourth-order valence-electron chi connectivity index (χ4n) is 1.97. The maximum atomic E-state index is 11.9. The number of amides is 2. The Morgan fingerprint density at radius 3 is 2.31 bits per heavy atom. The van der Waals surface area contributed by atoms with Crippen LogP contribution in [0.5, 0.6) is 5.75 Å². The second-order valence-electron chi connectivity index (χ2n) is 5.36. The van der Waals surface area contributed by atoms with Crippen LogP contribution in [0.15, 0.2) is 53.6 Å². The molecule has 0 spiro atoms. The molecule has 9 nitrogen and oxygen atoms in total. The number of carbonyl (C=O) groups is 2. The zero-order valence-electron chi connectivity index (χ0n) is 13.8. The van der Waals surface area contributed by atoms with E-state index in [-0.39, 0.29) is 23.8 Å². The van der Waals surface area contributed by atoms with Crippen LogP contribution in [-0.2, 0) is 4.79 Å². The number of anilines is 1. The molecular weight excluding hydrogens is 340 g/mol. The molecule has 0 bridgehead atoms. The van der Waals surface area contributed by atoms with Crippen LogP contribution in [0.25, 0.3) is 0 Å². The van der Waals surface area contributed by atoms with Gasteiger partial charge in [0.1, 0.15) is 5.75 Å². The van der Waals surface area contributed by atoms with Crippen molar-refractivity contribution < 1.29 is 19.6 Å². The fourth-order valence-corrected chi connectivity index (χ4v) is 1.97. The molecule has 0 aliphatic heterocycles. The lowest BCUT2D eigenvalue weighted by Gasteiger charge is -2.05. The Labute approximate surface area is 148 Å². The van der Waals surface area contributed by atoms with Crippen molar-refractivity contribution in [3.63, 3.8) is 0 Å². The summed E-state index contributed by atoms with van der Waals surface area (Å²) in [7, 11) is 0. The minimum absolute atomic E-state index is 0.0455. The highest BCUT2D eigenvalue weighted by atomic mass is 16.6. The molecule has 134 valence electrons. The number of phenols is 1. The summed E-state index contributed by atoms with van der Waals surface area (Å²) in [6.07, 6.45) is -0.0627. The van der Waals surface area contributed by atoms with Crippen molar-refractivity contribution in [2.75, 3.05) is 5.32 Å². The number of nitrogens with one attached hydrogen (secondary N) is 2. The molecular formula is C17H16N4O5. The van der Waals surface area contributed by atoms with Crippen molar-refractivity contribution in [3.8, 4) is 5.75 Å². The Morgan fingerprint density at radius 1 is 1.12 bits per heavy atom. The van der Waals surface area contributed by atoms with E-state index in [9.17, 15) is 24.8 Å². The summed E-state index contributed by atoms with van der Waals surface area (Å²) in [5.74, 6) is -0.803. The maximum absolute atomic E-state index is 11.9. The number of nitro groups is 1. The number of hydrazone groups is 1. The van der Waals surface area contributed by atoms with Gasteiger partial charge in [0.05, 0.1) is 11.3 Å². The van der Waals surface area contributed by atoms with Gasteiger partial charge in [-0.3, -0.25) is 19.7 Å². The molecule has 0 fully saturated rings. The summed E-state index contributed by atoms with van der Waals surface area (Å²) < 4.78 is 0. The molecule has 0 aromatic heterocycles. The third-order valence-corrected chi connectivity index (χ3v) is 3.26. The van der Waals surface area contributed by atoms with Gasteiger partial charge in [0, 0.05) is 29.1 Å². The van der Waals surface area contributed by atoms with Gasteiger partial charge >= 0.3 is 0 Å². The summed E-state index contributed by atoms with van der Waals surface area (Å²) in [6, 6.07) is 11.1. The largest absolute Gasteiger partial charge is 0.508 e. The van der Waals surface area contributed by atoms with Crippen molar-refractivity contribution >= 4 is 28.9 Å². The van der Waals surface area contributed by atoms with Crippen LogP contribution in [0, 0.1) is 10.1 Å². The standard InChI is InChI=1S/C17H16N4O5/c1-11(19-20-17(24)12-2-8-15(22)9-3-12)10-16(23)18-13-4-6-14(7-5-13)21(25)26/h2-9,22H,10H2,1H3,(H,18,23)(H,20,24)/b19-11-. The van der Waals surface area contributed by atoms with Gasteiger partial charge in [-0.15, -0.1) is 0 Å². The first-order chi connectivity index (χ1) is 12.3. The molecule has 0 saturated carbocycles. The van der Waals surface area contributed by atoms with Crippen molar-refractivity contribution in [1.29, 1.82) is 0 Å². The van der Waals surface area contributed by atoms with Gasteiger partial charge in [0.25, 0.3) is 11.6 Å². The number of phenolic OH excluding ortho intramolecular Hbond substituents is 1. The Balaban J connectivity index is 1.87. The fraction of sp³-hybridized carbons (Fsp3) is 0.118. The molecule has 9 heteroatoms. The van der Waals surface area contributed by atoms with E-state index in [1.807, 2.05) is 0 Å². The first kappa shape index (κ1) is 18.6. The predicted molar refractivity (Wildman–Crippen MR) is 95.0 cm³/mol. The number of aromatic hydroxyl groups is 1. The van der Waals surface area contributed by atoms with Crippen molar-refractivity contribution in [2.24, 2.45) is 5.10 Å². The van der Waals surface area contributed by atoms with Crippen molar-refractivity contribution in [1.82, 2.24) is 5.43 Å². The zero-order valence-corrected chi connectivity index (χ0v) is 13.8. The van der Waals surface area contributed by atoms with Gasteiger partial charge in [0.2, 0.25) is 5.91 Å². The Kier molecular flexibility index (Phi) is 5.99. The molecule has 0 radical (unpaired) electrons. The summed E-state index contributed by atoms with van der Waals surface area (Å²) in [6.45, 7) is 1.58. The molecule has 3 N–H and O–H groups in total. The van der Waals surface area contributed by atoms with Crippen LogP contribution in [0.3, 0.4) is 0 Å². The van der Waals surface area contributed by atoms with Crippen LogP contribution in [0.2, 0.25) is 0 Å².